The Bertz CT molecular complexity index is 934. The molecule has 2 aromatic heterocycles. The molecule has 0 atom stereocenters. The van der Waals surface area contributed by atoms with E-state index in [1.54, 1.807) is 6.07 Å². The zero-order chi connectivity index (χ0) is 15.8. The number of hydrogen-bond acceptors (Lipinski definition) is 5. The van der Waals surface area contributed by atoms with Gasteiger partial charge in [-0.05, 0) is 54.7 Å². The predicted molar refractivity (Wildman–Crippen MR) is 82.3 cm³/mol. The van der Waals surface area contributed by atoms with Gasteiger partial charge in [-0.1, -0.05) is 0 Å². The molecule has 1 aliphatic rings. The Balaban J connectivity index is 1.69. The molecule has 0 fully saturated rings. The molecule has 116 valence electrons. The van der Waals surface area contributed by atoms with Crippen molar-refractivity contribution in [3.05, 3.63) is 69.5 Å². The minimum atomic E-state index is -0.558. The third-order valence-corrected chi connectivity index (χ3v) is 4.12. The molecule has 0 saturated heterocycles. The van der Waals surface area contributed by atoms with Crippen molar-refractivity contribution in [2.24, 2.45) is 0 Å². The Morgan fingerprint density at radius 2 is 2.00 bits per heavy atom. The Labute approximate surface area is 131 Å². The molecule has 5 heteroatoms. The zero-order valence-electron chi connectivity index (χ0n) is 12.3. The zero-order valence-corrected chi connectivity index (χ0v) is 12.3. The molecule has 0 bridgehead atoms. The minimum absolute atomic E-state index is 0.000417. The fourth-order valence-electron chi connectivity index (χ4n) is 3.02. The summed E-state index contributed by atoms with van der Waals surface area (Å²) in [6.07, 6.45) is 4.55. The lowest BCUT2D eigenvalue weighted by atomic mass is 10.0. The number of benzene rings is 1. The number of furan rings is 1. The van der Waals surface area contributed by atoms with E-state index in [9.17, 15) is 9.59 Å². The van der Waals surface area contributed by atoms with Crippen molar-refractivity contribution in [1.82, 2.24) is 0 Å². The van der Waals surface area contributed by atoms with Crippen molar-refractivity contribution in [2.75, 3.05) is 0 Å². The molecule has 0 radical (unpaired) electrons. The lowest BCUT2D eigenvalue weighted by Gasteiger charge is -2.08. The van der Waals surface area contributed by atoms with E-state index in [0.717, 1.165) is 24.6 Å². The molecule has 4 rings (SSSR count). The lowest BCUT2D eigenvalue weighted by molar-refractivity contribution is 0.0437. The van der Waals surface area contributed by atoms with Crippen LogP contribution in [0.15, 0.2) is 50.2 Å². The standard InChI is InChI=1S/C18H14O5/c19-17-9-13(10-22-18(20)15-5-2-6-21-15)14-7-11-3-1-4-12(11)8-16(14)23-17/h2,5-9H,1,3-4,10H2. The molecule has 23 heavy (non-hydrogen) atoms. The van der Waals surface area contributed by atoms with Gasteiger partial charge in [-0.25, -0.2) is 9.59 Å². The topological polar surface area (TPSA) is 69.7 Å². The molecule has 0 aliphatic heterocycles. The monoisotopic (exact) mass is 310 g/mol. The van der Waals surface area contributed by atoms with Crippen LogP contribution >= 0.6 is 0 Å². The highest BCUT2D eigenvalue weighted by molar-refractivity contribution is 5.87. The van der Waals surface area contributed by atoms with E-state index < -0.39 is 11.6 Å². The lowest BCUT2D eigenvalue weighted by Crippen LogP contribution is -2.07. The molecule has 0 amide bonds. The maximum atomic E-state index is 11.9. The number of carbonyl (C=O) groups excluding carboxylic acids is 1. The van der Waals surface area contributed by atoms with Crippen molar-refractivity contribution >= 4 is 16.9 Å². The summed E-state index contributed by atoms with van der Waals surface area (Å²) in [6.45, 7) is 0.000417. The Morgan fingerprint density at radius 1 is 1.17 bits per heavy atom. The summed E-state index contributed by atoms with van der Waals surface area (Å²) >= 11 is 0. The van der Waals surface area contributed by atoms with Crippen LogP contribution < -0.4 is 5.63 Å². The van der Waals surface area contributed by atoms with E-state index in [-0.39, 0.29) is 12.4 Å². The van der Waals surface area contributed by atoms with E-state index in [1.165, 1.54) is 29.5 Å². The van der Waals surface area contributed by atoms with Crippen molar-refractivity contribution in [1.29, 1.82) is 0 Å². The van der Waals surface area contributed by atoms with Crippen LogP contribution in [0.5, 0.6) is 0 Å². The van der Waals surface area contributed by atoms with Gasteiger partial charge < -0.3 is 13.6 Å². The second kappa shape index (κ2) is 5.43. The first-order valence-corrected chi connectivity index (χ1v) is 7.50. The maximum absolute atomic E-state index is 11.9. The van der Waals surface area contributed by atoms with E-state index >= 15 is 0 Å². The van der Waals surface area contributed by atoms with Crippen LogP contribution in [0.3, 0.4) is 0 Å². The molecule has 1 aliphatic carbocycles. The van der Waals surface area contributed by atoms with Crippen LogP contribution in [0.4, 0.5) is 0 Å². The smallest absolute Gasteiger partial charge is 0.374 e. The second-order valence-corrected chi connectivity index (χ2v) is 5.61. The van der Waals surface area contributed by atoms with Crippen molar-refractivity contribution < 1.29 is 18.4 Å². The minimum Gasteiger partial charge on any atom is -0.457 e. The summed E-state index contributed by atoms with van der Waals surface area (Å²) in [5.74, 6) is -0.421. The quantitative estimate of drug-likeness (QED) is 0.548. The summed E-state index contributed by atoms with van der Waals surface area (Å²) in [5, 5.41) is 0.817. The van der Waals surface area contributed by atoms with E-state index in [2.05, 4.69) is 0 Å². The van der Waals surface area contributed by atoms with E-state index in [1.807, 2.05) is 12.1 Å². The number of carbonyl (C=O) groups is 1. The second-order valence-electron chi connectivity index (χ2n) is 5.61. The van der Waals surface area contributed by atoms with Gasteiger partial charge >= 0.3 is 11.6 Å². The van der Waals surface area contributed by atoms with Gasteiger partial charge in [0, 0.05) is 17.0 Å². The number of ether oxygens (including phenoxy) is 1. The first-order chi connectivity index (χ1) is 11.2. The van der Waals surface area contributed by atoms with Crippen LogP contribution in [-0.4, -0.2) is 5.97 Å². The molecule has 3 aromatic rings. The summed E-state index contributed by atoms with van der Waals surface area (Å²) < 4.78 is 15.5. The third kappa shape index (κ3) is 2.54. The third-order valence-electron chi connectivity index (χ3n) is 4.12. The van der Waals surface area contributed by atoms with E-state index in [4.69, 9.17) is 13.6 Å². The van der Waals surface area contributed by atoms with Gasteiger partial charge in [-0.2, -0.15) is 0 Å². The number of aryl methyl sites for hydroxylation is 2. The molecule has 0 spiro atoms. The highest BCUT2D eigenvalue weighted by Crippen LogP contribution is 2.28. The average molecular weight is 310 g/mol. The highest BCUT2D eigenvalue weighted by atomic mass is 16.5. The molecule has 0 N–H and O–H groups in total. The van der Waals surface area contributed by atoms with Crippen LogP contribution in [0.25, 0.3) is 11.0 Å². The van der Waals surface area contributed by atoms with Crippen LogP contribution in [-0.2, 0) is 24.2 Å². The van der Waals surface area contributed by atoms with Gasteiger partial charge in [-0.3, -0.25) is 0 Å². The average Bonchev–Trinajstić information content (AvgIpc) is 3.21. The largest absolute Gasteiger partial charge is 0.457 e. The van der Waals surface area contributed by atoms with Crippen LogP contribution in [0.1, 0.15) is 33.7 Å². The summed E-state index contributed by atoms with van der Waals surface area (Å²) in [7, 11) is 0. The highest BCUT2D eigenvalue weighted by Gasteiger charge is 2.16. The number of fused-ring (bicyclic) bond motifs is 2. The van der Waals surface area contributed by atoms with Crippen molar-refractivity contribution in [3.8, 4) is 0 Å². The molecular formula is C18H14O5. The number of rotatable bonds is 3. The SMILES string of the molecule is O=C(OCc1cc(=O)oc2cc3c(cc12)CCC3)c1ccco1. The summed E-state index contributed by atoms with van der Waals surface area (Å²) in [5.41, 5.74) is 3.24. The number of hydrogen-bond donors (Lipinski definition) is 0. The van der Waals surface area contributed by atoms with Gasteiger partial charge in [-0.15, -0.1) is 0 Å². The van der Waals surface area contributed by atoms with Gasteiger partial charge in [0.25, 0.3) is 0 Å². The van der Waals surface area contributed by atoms with Crippen LogP contribution in [0.2, 0.25) is 0 Å². The molecule has 0 saturated carbocycles. The predicted octanol–water partition coefficient (Wildman–Crippen LogP) is 3.23. The van der Waals surface area contributed by atoms with Gasteiger partial charge in [0.15, 0.2) is 0 Å². The number of esters is 1. The molecular weight excluding hydrogens is 296 g/mol. The Hall–Kier alpha value is -2.82. The summed E-state index contributed by atoms with van der Waals surface area (Å²) in [6, 6.07) is 8.49. The Kier molecular flexibility index (Phi) is 3.26. The van der Waals surface area contributed by atoms with Crippen LogP contribution in [0, 0.1) is 0 Å². The van der Waals surface area contributed by atoms with Crippen molar-refractivity contribution in [3.63, 3.8) is 0 Å². The fourth-order valence-corrected chi connectivity index (χ4v) is 3.02. The maximum Gasteiger partial charge on any atom is 0.374 e. The molecule has 0 unspecified atom stereocenters. The molecule has 5 nitrogen and oxygen atoms in total. The normalized spacial score (nSPS) is 13.2. The van der Waals surface area contributed by atoms with E-state index in [0.29, 0.717) is 11.1 Å². The van der Waals surface area contributed by atoms with Crippen molar-refractivity contribution in [2.45, 2.75) is 25.9 Å². The summed E-state index contributed by atoms with van der Waals surface area (Å²) in [4.78, 5) is 23.6. The Morgan fingerprint density at radius 3 is 2.78 bits per heavy atom. The van der Waals surface area contributed by atoms with Gasteiger partial charge in [0.2, 0.25) is 5.76 Å². The first kappa shape index (κ1) is 13.8. The first-order valence-electron chi connectivity index (χ1n) is 7.50. The molecule has 2 heterocycles. The molecule has 1 aromatic carbocycles. The fraction of sp³-hybridized carbons (Fsp3) is 0.222. The van der Waals surface area contributed by atoms with Gasteiger partial charge in [0.05, 0.1) is 6.26 Å². The van der Waals surface area contributed by atoms with Gasteiger partial charge in [0.1, 0.15) is 12.2 Å².